The lowest BCUT2D eigenvalue weighted by molar-refractivity contribution is 0.668. The van der Waals surface area contributed by atoms with Gasteiger partial charge in [0, 0.05) is 10.8 Å². The van der Waals surface area contributed by atoms with Crippen molar-refractivity contribution in [3.63, 3.8) is 0 Å². The summed E-state index contributed by atoms with van der Waals surface area (Å²) in [5, 5.41) is 2.19. The predicted octanol–water partition coefficient (Wildman–Crippen LogP) is 21.8. The predicted molar refractivity (Wildman–Crippen MR) is 365 cm³/mol. The van der Waals surface area contributed by atoms with Crippen molar-refractivity contribution in [2.75, 3.05) is 4.90 Å². The quantitative estimate of drug-likeness (QED) is 0.158. The lowest BCUT2D eigenvalue weighted by Gasteiger charge is -2.45. The standard InChI is InChI=1S/C87H55NO/c1-5-26-58(27-6-1)85(59-28-7-2-8-29-59)72-44-20-15-37-68(72)82-62(39-23-46-74(82)85)56-50-52-78-76(54-56)87(70-42-18-13-34-64(70)65-35-14-19-43-71(65)87)77-55-57(51-53-79(77)88(78)80-48-25-41-67-66-36-17-22-49-81(66)89-84(67)80)63-40-24-47-75-83(63)69-38-16-21-45-73(69)86(75,60-30-9-3-10-31-60)61-32-11-4-12-33-61/h1-55H. The largest absolute Gasteiger partial charge is 0.454 e. The van der Waals surface area contributed by atoms with Crippen LogP contribution in [0.4, 0.5) is 17.1 Å². The van der Waals surface area contributed by atoms with E-state index < -0.39 is 16.2 Å². The minimum absolute atomic E-state index is 0.555. The summed E-state index contributed by atoms with van der Waals surface area (Å²) in [4.78, 5) is 2.53. The molecule has 0 bridgehead atoms. The summed E-state index contributed by atoms with van der Waals surface area (Å²) < 4.78 is 7.09. The summed E-state index contributed by atoms with van der Waals surface area (Å²) in [6.45, 7) is 0. The van der Waals surface area contributed by atoms with E-state index in [1.54, 1.807) is 0 Å². The van der Waals surface area contributed by atoms with Gasteiger partial charge in [-0.2, -0.15) is 0 Å². The Morgan fingerprint density at radius 3 is 1.03 bits per heavy atom. The van der Waals surface area contributed by atoms with Crippen LogP contribution in [0.5, 0.6) is 0 Å². The molecular weight excluding hydrogens is 1070 g/mol. The Morgan fingerprint density at radius 1 is 0.225 bits per heavy atom. The van der Waals surface area contributed by atoms with Crippen molar-refractivity contribution in [3.05, 3.63) is 400 Å². The Bertz CT molecular complexity index is 5030. The van der Waals surface area contributed by atoms with Gasteiger partial charge in [0.2, 0.25) is 0 Å². The highest BCUT2D eigenvalue weighted by Crippen LogP contribution is 2.67. The Labute approximate surface area is 517 Å². The highest BCUT2D eigenvalue weighted by Gasteiger charge is 2.54. The van der Waals surface area contributed by atoms with E-state index in [0.29, 0.717) is 0 Å². The Morgan fingerprint density at radius 2 is 0.573 bits per heavy atom. The van der Waals surface area contributed by atoms with Crippen molar-refractivity contribution in [1.82, 2.24) is 0 Å². The molecule has 0 fully saturated rings. The summed E-state index contributed by atoms with van der Waals surface area (Å²) in [6.07, 6.45) is 0. The van der Waals surface area contributed by atoms with Crippen LogP contribution in [0.2, 0.25) is 0 Å². The molecule has 14 aromatic carbocycles. The van der Waals surface area contributed by atoms with Crippen molar-refractivity contribution in [2.24, 2.45) is 0 Å². The van der Waals surface area contributed by atoms with E-state index in [9.17, 15) is 0 Å². The molecule has 1 aliphatic heterocycles. The highest BCUT2D eigenvalue weighted by atomic mass is 16.3. The lowest BCUT2D eigenvalue weighted by atomic mass is 9.63. The fourth-order valence-electron chi connectivity index (χ4n) is 17.1. The van der Waals surface area contributed by atoms with Crippen LogP contribution < -0.4 is 4.90 Å². The summed E-state index contributed by atoms with van der Waals surface area (Å²) in [5.74, 6) is 0. The lowest BCUT2D eigenvalue weighted by Crippen LogP contribution is -2.36. The van der Waals surface area contributed by atoms with Gasteiger partial charge in [-0.1, -0.05) is 297 Å². The van der Waals surface area contributed by atoms with E-state index in [4.69, 9.17) is 4.42 Å². The molecule has 0 saturated carbocycles. The summed E-state index contributed by atoms with van der Waals surface area (Å²) in [6, 6.07) is 125. The first kappa shape index (κ1) is 49.9. The van der Waals surface area contributed by atoms with Crippen LogP contribution in [0.25, 0.3) is 77.6 Å². The van der Waals surface area contributed by atoms with Crippen molar-refractivity contribution >= 4 is 39.0 Å². The molecule has 0 saturated heterocycles. The third kappa shape index (κ3) is 6.54. The minimum atomic E-state index is -0.788. The fraction of sp³-hybridized carbons (Fsp3) is 0.0345. The van der Waals surface area contributed by atoms with Gasteiger partial charge < -0.3 is 9.32 Å². The van der Waals surface area contributed by atoms with E-state index in [1.165, 1.54) is 111 Å². The molecule has 2 heterocycles. The van der Waals surface area contributed by atoms with Gasteiger partial charge in [-0.15, -0.1) is 0 Å². The van der Waals surface area contributed by atoms with Crippen LogP contribution in [0.15, 0.2) is 338 Å². The van der Waals surface area contributed by atoms with Crippen LogP contribution >= 0.6 is 0 Å². The van der Waals surface area contributed by atoms with Crippen molar-refractivity contribution < 1.29 is 4.42 Å². The first-order chi connectivity index (χ1) is 44.2. The van der Waals surface area contributed by atoms with E-state index in [1.807, 2.05) is 0 Å². The smallest absolute Gasteiger partial charge is 0.159 e. The molecule has 1 spiro atoms. The summed E-state index contributed by atoms with van der Waals surface area (Å²) >= 11 is 0. The van der Waals surface area contributed by atoms with Crippen molar-refractivity contribution in [3.8, 4) is 55.6 Å². The Kier molecular flexibility index (Phi) is 10.6. The maximum atomic E-state index is 7.09. The van der Waals surface area contributed by atoms with Gasteiger partial charge in [0.05, 0.1) is 33.3 Å². The molecule has 4 aliphatic rings. The number of fused-ring (bicyclic) bond motifs is 18. The van der Waals surface area contributed by atoms with E-state index in [-0.39, 0.29) is 0 Å². The maximum absolute atomic E-state index is 7.09. The van der Waals surface area contributed by atoms with Crippen LogP contribution in [0.3, 0.4) is 0 Å². The number of benzene rings is 14. The summed E-state index contributed by atoms with van der Waals surface area (Å²) in [7, 11) is 0. The van der Waals surface area contributed by atoms with E-state index >= 15 is 0 Å². The average Bonchev–Trinajstić information content (AvgIpc) is 1.70. The molecule has 0 atom stereocenters. The Hall–Kier alpha value is -11.3. The zero-order chi connectivity index (χ0) is 58.4. The van der Waals surface area contributed by atoms with Crippen molar-refractivity contribution in [1.29, 1.82) is 0 Å². The zero-order valence-electron chi connectivity index (χ0n) is 48.6. The highest BCUT2D eigenvalue weighted by molar-refractivity contribution is 6.12. The van der Waals surface area contributed by atoms with Crippen molar-refractivity contribution in [2.45, 2.75) is 16.2 Å². The second kappa shape index (κ2) is 18.8. The molecule has 3 aliphatic carbocycles. The van der Waals surface area contributed by atoms with Gasteiger partial charge in [0.25, 0.3) is 0 Å². The molecule has 0 radical (unpaired) electrons. The average molecular weight is 1130 g/mol. The molecular formula is C87H55NO. The molecule has 2 heteroatoms. The fourth-order valence-corrected chi connectivity index (χ4v) is 17.1. The topological polar surface area (TPSA) is 16.4 Å². The second-order valence-electron chi connectivity index (χ2n) is 24.4. The monoisotopic (exact) mass is 1130 g/mol. The second-order valence-corrected chi connectivity index (χ2v) is 24.4. The third-order valence-electron chi connectivity index (χ3n) is 20.4. The number of nitrogens with zero attached hydrogens (tertiary/aromatic N) is 1. The van der Waals surface area contributed by atoms with E-state index in [2.05, 4.69) is 339 Å². The molecule has 0 N–H and O–H groups in total. The molecule has 414 valence electrons. The molecule has 0 amide bonds. The first-order valence-electron chi connectivity index (χ1n) is 31.1. The van der Waals surface area contributed by atoms with Crippen LogP contribution in [0, 0.1) is 0 Å². The van der Waals surface area contributed by atoms with Crippen LogP contribution in [0.1, 0.15) is 66.8 Å². The van der Waals surface area contributed by atoms with Crippen LogP contribution in [-0.2, 0) is 16.2 Å². The minimum Gasteiger partial charge on any atom is -0.454 e. The summed E-state index contributed by atoms with van der Waals surface area (Å²) in [5.41, 5.74) is 30.4. The van der Waals surface area contributed by atoms with Gasteiger partial charge in [-0.05, 0) is 159 Å². The van der Waals surface area contributed by atoms with E-state index in [0.717, 1.165) is 50.1 Å². The SMILES string of the molecule is c1ccc(C2(c3ccccc3)c3ccccc3-c3c(-c4ccc5c(c4)C4(c6ccccc6-c6ccccc64)c4cc(-c6cccc7c6-c6ccccc6C7(c6ccccc6)c6ccccc6)ccc4N5c4cccc5c4oc4ccccc45)cccc32)cc1. The number of para-hydroxylation sites is 2. The number of anilines is 3. The molecule has 0 unspecified atom stereocenters. The molecule has 15 aromatic rings. The van der Waals surface area contributed by atoms with Gasteiger partial charge >= 0.3 is 0 Å². The molecule has 19 rings (SSSR count). The number of rotatable bonds is 7. The number of hydrogen-bond acceptors (Lipinski definition) is 2. The number of furan rings is 1. The first-order valence-corrected chi connectivity index (χ1v) is 31.1. The zero-order valence-corrected chi connectivity index (χ0v) is 48.6. The van der Waals surface area contributed by atoms with Gasteiger partial charge in [-0.3, -0.25) is 0 Å². The van der Waals surface area contributed by atoms with Gasteiger partial charge in [0.15, 0.2) is 5.58 Å². The maximum Gasteiger partial charge on any atom is 0.159 e. The normalized spacial score (nSPS) is 14.5. The molecule has 2 nitrogen and oxygen atoms in total. The Balaban J connectivity index is 0.923. The van der Waals surface area contributed by atoms with Gasteiger partial charge in [0.1, 0.15) is 5.58 Å². The molecule has 1 aromatic heterocycles. The third-order valence-corrected chi connectivity index (χ3v) is 20.4. The number of hydrogen-bond donors (Lipinski definition) is 0. The molecule has 89 heavy (non-hydrogen) atoms. The van der Waals surface area contributed by atoms with Crippen LogP contribution in [-0.4, -0.2) is 0 Å². The van der Waals surface area contributed by atoms with Gasteiger partial charge in [-0.25, -0.2) is 0 Å².